The Labute approximate surface area is 697 Å². The molecular formula is C114H95BN4. The molecule has 0 N–H and O–H groups in total. The van der Waals surface area contributed by atoms with Crippen molar-refractivity contribution in [2.45, 2.75) is 131 Å². The van der Waals surface area contributed by atoms with E-state index < -0.39 is 0 Å². The predicted molar refractivity (Wildman–Crippen MR) is 514 cm³/mol. The van der Waals surface area contributed by atoms with Crippen molar-refractivity contribution in [1.29, 1.82) is 0 Å². The van der Waals surface area contributed by atoms with Crippen LogP contribution < -0.4 is 26.2 Å². The summed E-state index contributed by atoms with van der Waals surface area (Å²) < 4.78 is 5.22. The first-order valence-corrected chi connectivity index (χ1v) is 42.8. The zero-order valence-corrected chi connectivity index (χ0v) is 70.7. The molecule has 574 valence electrons. The van der Waals surface area contributed by atoms with Crippen molar-refractivity contribution >= 4 is 165 Å². The summed E-state index contributed by atoms with van der Waals surface area (Å²) in [5.41, 5.74) is 32.8. The Balaban J connectivity index is 0.880. The lowest BCUT2D eigenvalue weighted by atomic mass is 9.33. The second-order valence-corrected chi connectivity index (χ2v) is 39.6. The molecular weight excluding hydrogens is 1440 g/mol. The van der Waals surface area contributed by atoms with Crippen molar-refractivity contribution < 1.29 is 0 Å². The van der Waals surface area contributed by atoms with Crippen molar-refractivity contribution in [3.8, 4) is 55.9 Å². The standard InChI is InChI=1S/C114H95BN4/c1-110(2,3)74-46-34-66(35-47-74)81-26-20-27-82(67-36-48-75(49-37-67)111(4,5)6)108(81)118-95-64-79(116-91-58-42-70-22-16-30-85-86-31-17-23-71-43-59-92(116)104(100(71)86)103(91)99(70)85)54-56-89(95)115-90-57-55-80(117-93-60-44-72-24-18-32-87-88-33-19-25-73-45-61-94(117)106(102(73)88)105(93)101(72)87)65-96(90)119(98-63-78(114(13,14)15)62-97(118)107(98)115)109-83(68-38-50-76(51-39-68)112(7,8)9)28-21-29-84(109)69-40-52-77(53-41-69)113(10,11)12/h16-65H,1-15H3. The van der Waals surface area contributed by atoms with Crippen LogP contribution in [0.4, 0.5) is 34.1 Å². The van der Waals surface area contributed by atoms with Gasteiger partial charge >= 0.3 is 0 Å². The zero-order valence-electron chi connectivity index (χ0n) is 70.7. The number of hydrogen-bond donors (Lipinski definition) is 0. The lowest BCUT2D eigenvalue weighted by Crippen LogP contribution is -2.61. The van der Waals surface area contributed by atoms with Crippen LogP contribution in [-0.2, 0) is 27.1 Å². The number of benzene rings is 19. The topological polar surface area (TPSA) is 16.3 Å². The molecule has 23 rings (SSSR count). The number of fused-ring (bicyclic) bond motifs is 6. The van der Waals surface area contributed by atoms with E-state index in [-0.39, 0.29) is 33.8 Å². The summed E-state index contributed by atoms with van der Waals surface area (Å²) in [6.45, 7) is 34.9. The summed E-state index contributed by atoms with van der Waals surface area (Å²) in [5.74, 6) is 0. The zero-order chi connectivity index (χ0) is 81.1. The average molecular weight is 1530 g/mol. The van der Waals surface area contributed by atoms with Gasteiger partial charge in [-0.3, -0.25) is 0 Å². The van der Waals surface area contributed by atoms with Crippen LogP contribution in [-0.4, -0.2) is 15.8 Å². The molecule has 0 bridgehead atoms. The van der Waals surface area contributed by atoms with Gasteiger partial charge in [-0.15, -0.1) is 0 Å². The van der Waals surface area contributed by atoms with Gasteiger partial charge in [-0.25, -0.2) is 0 Å². The van der Waals surface area contributed by atoms with E-state index in [2.05, 4.69) is 426 Å². The van der Waals surface area contributed by atoms with Crippen LogP contribution in [0.1, 0.15) is 132 Å². The highest BCUT2D eigenvalue weighted by atomic mass is 15.2. The van der Waals surface area contributed by atoms with Crippen molar-refractivity contribution in [2.75, 3.05) is 9.80 Å². The first-order valence-electron chi connectivity index (χ1n) is 42.8. The Kier molecular flexibility index (Phi) is 14.9. The largest absolute Gasteiger partial charge is 0.310 e. The molecule has 0 fully saturated rings. The summed E-state index contributed by atoms with van der Waals surface area (Å²) in [6, 6.07) is 120. The van der Waals surface area contributed by atoms with Crippen molar-refractivity contribution in [3.05, 3.63) is 331 Å². The maximum atomic E-state index is 2.77. The summed E-state index contributed by atoms with van der Waals surface area (Å²) in [6.07, 6.45) is 0. The minimum absolute atomic E-state index is 0.0578. The van der Waals surface area contributed by atoms with E-state index in [1.165, 1.54) is 152 Å². The molecule has 2 aromatic heterocycles. The van der Waals surface area contributed by atoms with Crippen LogP contribution >= 0.6 is 0 Å². The summed E-state index contributed by atoms with van der Waals surface area (Å²) in [4.78, 5) is 5.54. The lowest BCUT2D eigenvalue weighted by molar-refractivity contribution is 0.590. The molecule has 0 saturated heterocycles. The number of hydrogen-bond acceptors (Lipinski definition) is 2. The summed E-state index contributed by atoms with van der Waals surface area (Å²) in [5, 5.41) is 20.8. The predicted octanol–water partition coefficient (Wildman–Crippen LogP) is 29.8. The van der Waals surface area contributed by atoms with Gasteiger partial charge < -0.3 is 18.9 Å². The maximum absolute atomic E-state index is 2.77. The van der Waals surface area contributed by atoms with Gasteiger partial charge in [-0.05, 0) is 219 Å². The third-order valence-electron chi connectivity index (χ3n) is 27.3. The van der Waals surface area contributed by atoms with Gasteiger partial charge in [-0.1, -0.05) is 347 Å². The molecule has 0 radical (unpaired) electrons. The minimum Gasteiger partial charge on any atom is -0.310 e. The summed E-state index contributed by atoms with van der Waals surface area (Å²) >= 11 is 0. The van der Waals surface area contributed by atoms with E-state index >= 15 is 0 Å². The number of nitrogens with zero attached hydrogens (tertiary/aromatic N) is 4. The van der Waals surface area contributed by atoms with Crippen LogP contribution in [0, 0.1) is 0 Å². The smallest absolute Gasteiger partial charge is 0.252 e. The molecule has 0 spiro atoms. The number of aromatic nitrogens is 2. The van der Waals surface area contributed by atoms with E-state index in [1.807, 2.05) is 0 Å². The van der Waals surface area contributed by atoms with Crippen molar-refractivity contribution in [2.24, 2.45) is 0 Å². The van der Waals surface area contributed by atoms with Crippen LogP contribution in [0.15, 0.2) is 303 Å². The third-order valence-corrected chi connectivity index (χ3v) is 27.3. The molecule has 2 aliphatic heterocycles. The molecule has 19 aromatic carbocycles. The number of rotatable bonds is 8. The molecule has 5 heteroatoms. The number of para-hydroxylation sites is 2. The fraction of sp³-hybridized carbons (Fsp3) is 0.175. The normalized spacial score (nSPS) is 13.6. The van der Waals surface area contributed by atoms with E-state index in [0.29, 0.717) is 0 Å². The quantitative estimate of drug-likeness (QED) is 0.0856. The van der Waals surface area contributed by atoms with Gasteiger partial charge in [0.1, 0.15) is 0 Å². The van der Waals surface area contributed by atoms with Gasteiger partial charge in [0, 0.05) is 77.9 Å². The second kappa shape index (κ2) is 24.8. The first kappa shape index (κ1) is 71.4. The molecule has 0 saturated carbocycles. The molecule has 21 aromatic rings. The second-order valence-electron chi connectivity index (χ2n) is 39.6. The van der Waals surface area contributed by atoms with E-state index in [0.717, 1.165) is 90.0 Å². The van der Waals surface area contributed by atoms with Gasteiger partial charge in [0.25, 0.3) is 6.71 Å². The Hall–Kier alpha value is -13.0. The fourth-order valence-electron chi connectivity index (χ4n) is 21.2. The molecule has 2 aliphatic rings. The SMILES string of the molecule is CC(C)(C)c1ccc(-c2cccc(-c3ccc(C(C)(C)C)cc3)c2N2c3cc(-n4c5ccc6cccc7c8cccc9ccc4c(c98)c5c67)ccc3B3c4ccc(-n5c6ccc7cccc8c9cccc%10ccc5c(c%109)c6c78)cc4N(c4c(-c5ccc(C(C)(C)C)cc5)cccc4-c4ccc(C(C)(C)C)cc4)c4cc(C(C)(C)C)cc2c43)cc1. The number of anilines is 6. The Morgan fingerprint density at radius 3 is 0.739 bits per heavy atom. The molecule has 4 nitrogen and oxygen atoms in total. The highest BCUT2D eigenvalue weighted by Gasteiger charge is 2.47. The van der Waals surface area contributed by atoms with Crippen molar-refractivity contribution in [1.82, 2.24) is 9.13 Å². The first-order chi connectivity index (χ1) is 57.2. The average Bonchev–Trinajstić information content (AvgIpc) is 1.68. The monoisotopic (exact) mass is 1530 g/mol. The van der Waals surface area contributed by atoms with E-state index in [4.69, 9.17) is 0 Å². The van der Waals surface area contributed by atoms with Crippen LogP contribution in [0.25, 0.3) is 164 Å². The lowest BCUT2D eigenvalue weighted by Gasteiger charge is -2.46. The highest BCUT2D eigenvalue weighted by Crippen LogP contribution is 2.57. The molecule has 0 atom stereocenters. The van der Waals surface area contributed by atoms with E-state index in [1.54, 1.807) is 0 Å². The van der Waals surface area contributed by atoms with Gasteiger partial charge in [0.2, 0.25) is 0 Å². The Morgan fingerprint density at radius 1 is 0.218 bits per heavy atom. The maximum Gasteiger partial charge on any atom is 0.252 e. The fourth-order valence-corrected chi connectivity index (χ4v) is 21.2. The van der Waals surface area contributed by atoms with Crippen LogP contribution in [0.5, 0.6) is 0 Å². The molecule has 119 heavy (non-hydrogen) atoms. The van der Waals surface area contributed by atoms with Gasteiger partial charge in [0.05, 0.1) is 33.4 Å². The Morgan fingerprint density at radius 2 is 0.479 bits per heavy atom. The minimum atomic E-state index is -0.360. The molecule has 0 aliphatic carbocycles. The molecule has 0 amide bonds. The Bertz CT molecular complexity index is 6960. The van der Waals surface area contributed by atoms with E-state index in [9.17, 15) is 0 Å². The molecule has 0 unspecified atom stereocenters. The van der Waals surface area contributed by atoms with Crippen LogP contribution in [0.2, 0.25) is 0 Å². The highest BCUT2D eigenvalue weighted by molar-refractivity contribution is 7.00. The molecule has 4 heterocycles. The third kappa shape index (κ3) is 10.4. The van der Waals surface area contributed by atoms with Gasteiger partial charge in [0.15, 0.2) is 0 Å². The van der Waals surface area contributed by atoms with Gasteiger partial charge in [-0.2, -0.15) is 0 Å². The summed E-state index contributed by atoms with van der Waals surface area (Å²) in [7, 11) is 0. The van der Waals surface area contributed by atoms with Crippen molar-refractivity contribution in [3.63, 3.8) is 0 Å². The van der Waals surface area contributed by atoms with Crippen LogP contribution in [0.3, 0.4) is 0 Å².